The molecule has 8 rings (SSSR count). The van der Waals surface area contributed by atoms with Gasteiger partial charge in [-0.05, 0) is 70.5 Å². The van der Waals surface area contributed by atoms with E-state index in [-0.39, 0.29) is 16.5 Å². The number of hydrogen-bond donors (Lipinski definition) is 0. The lowest BCUT2D eigenvalue weighted by Crippen LogP contribution is -2.14. The Bertz CT molecular complexity index is 2690. The van der Waals surface area contributed by atoms with Gasteiger partial charge in [-0.1, -0.05) is 108 Å². The van der Waals surface area contributed by atoms with E-state index in [0.29, 0.717) is 11.2 Å². The molecule has 0 radical (unpaired) electrons. The third kappa shape index (κ3) is 5.28. The fourth-order valence-corrected chi connectivity index (χ4v) is 7.52. The molecule has 0 fully saturated rings. The Morgan fingerprint density at radius 1 is 0.442 bits per heavy atom. The largest absolute Gasteiger partial charge is 0.417 e. The van der Waals surface area contributed by atoms with Gasteiger partial charge in [0.1, 0.15) is 11.6 Å². The summed E-state index contributed by atoms with van der Waals surface area (Å²) in [7, 11) is 0. The molecule has 0 aliphatic heterocycles. The van der Waals surface area contributed by atoms with Gasteiger partial charge in [-0.15, -0.1) is 0 Å². The molecule has 52 heavy (non-hydrogen) atoms. The second-order valence-electron chi connectivity index (χ2n) is 15.6. The predicted octanol–water partition coefficient (Wildman–Crippen LogP) is 13.4. The number of halogens is 5. The molecule has 0 amide bonds. The first kappa shape index (κ1) is 33.7. The van der Waals surface area contributed by atoms with Crippen LogP contribution in [0.4, 0.5) is 22.0 Å². The molecule has 262 valence electrons. The van der Waals surface area contributed by atoms with E-state index in [1.807, 2.05) is 75.9 Å². The van der Waals surface area contributed by atoms with Crippen molar-refractivity contribution in [1.29, 1.82) is 0 Å². The lowest BCUT2D eigenvalue weighted by atomic mass is 9.86. The van der Waals surface area contributed by atoms with Gasteiger partial charge in [0.25, 0.3) is 0 Å². The second kappa shape index (κ2) is 11.5. The van der Waals surface area contributed by atoms with Crippen molar-refractivity contribution in [3.05, 3.63) is 144 Å². The number of rotatable bonds is 3. The van der Waals surface area contributed by atoms with Crippen molar-refractivity contribution in [2.45, 2.75) is 58.5 Å². The number of nitrogens with zero attached hydrogens (tertiary/aromatic N) is 2. The molecule has 2 nitrogen and oxygen atoms in total. The van der Waals surface area contributed by atoms with Gasteiger partial charge < -0.3 is 9.13 Å². The van der Waals surface area contributed by atoms with Crippen LogP contribution in [0.25, 0.3) is 66.1 Å². The van der Waals surface area contributed by atoms with E-state index < -0.39 is 34.5 Å². The van der Waals surface area contributed by atoms with Crippen molar-refractivity contribution in [3.8, 4) is 22.5 Å². The van der Waals surface area contributed by atoms with E-state index in [1.165, 1.54) is 6.07 Å². The summed E-state index contributed by atoms with van der Waals surface area (Å²) in [6.45, 7) is 12.6. The van der Waals surface area contributed by atoms with E-state index in [4.69, 9.17) is 0 Å². The monoisotopic (exact) mass is 700 g/mol. The topological polar surface area (TPSA) is 9.86 Å². The normalized spacial score (nSPS) is 12.9. The number of aromatic nitrogens is 2. The maximum atomic E-state index is 15.6. The van der Waals surface area contributed by atoms with Crippen LogP contribution in [0.5, 0.6) is 0 Å². The van der Waals surface area contributed by atoms with Crippen LogP contribution in [-0.2, 0) is 17.0 Å². The molecule has 2 aromatic heterocycles. The zero-order valence-electron chi connectivity index (χ0n) is 29.8. The summed E-state index contributed by atoms with van der Waals surface area (Å²) in [6, 6.07) is 33.2. The molecule has 0 N–H and O–H groups in total. The highest BCUT2D eigenvalue weighted by Crippen LogP contribution is 2.46. The second-order valence-corrected chi connectivity index (χ2v) is 15.6. The fraction of sp³-hybridized carbons (Fsp3) is 0.200. The molecule has 8 aromatic rings. The van der Waals surface area contributed by atoms with Crippen LogP contribution < -0.4 is 0 Å². The first-order valence-electron chi connectivity index (χ1n) is 17.3. The standard InChI is InChI=1S/C45H37F5N2/c1-43(2,3)26-18-20-30-28-12-7-9-16-36(28)51(38(30)22-26)40-24-32(42-34(46)14-11-15-35(42)47)33(45(48,49)50)25-41(40)52-37-17-10-8-13-29(37)31-21-19-27(23-39(31)52)44(4,5)6/h7-25H,1-6H3. The molecule has 2 heterocycles. The van der Waals surface area contributed by atoms with Gasteiger partial charge in [0.05, 0.1) is 44.6 Å². The summed E-state index contributed by atoms with van der Waals surface area (Å²) in [5.41, 5.74) is 2.66. The lowest BCUT2D eigenvalue weighted by molar-refractivity contribution is -0.137. The Labute approximate surface area is 298 Å². The van der Waals surface area contributed by atoms with Crippen LogP contribution in [0.15, 0.2) is 115 Å². The summed E-state index contributed by atoms with van der Waals surface area (Å²) in [6.07, 6.45) is -4.95. The average molecular weight is 701 g/mol. The van der Waals surface area contributed by atoms with E-state index in [2.05, 4.69) is 59.7 Å². The van der Waals surface area contributed by atoms with E-state index in [9.17, 15) is 0 Å². The Morgan fingerprint density at radius 2 is 0.865 bits per heavy atom. The van der Waals surface area contributed by atoms with Gasteiger partial charge in [0, 0.05) is 27.1 Å². The zero-order valence-corrected chi connectivity index (χ0v) is 29.8. The predicted molar refractivity (Wildman–Crippen MR) is 203 cm³/mol. The smallest absolute Gasteiger partial charge is 0.307 e. The Hall–Kier alpha value is -5.43. The van der Waals surface area contributed by atoms with Gasteiger partial charge in [-0.2, -0.15) is 13.2 Å². The van der Waals surface area contributed by atoms with Crippen LogP contribution in [0.1, 0.15) is 58.2 Å². The molecule has 0 aliphatic carbocycles. The quantitative estimate of drug-likeness (QED) is 0.162. The first-order valence-corrected chi connectivity index (χ1v) is 17.3. The molecule has 0 aliphatic rings. The van der Waals surface area contributed by atoms with Gasteiger partial charge in [-0.3, -0.25) is 0 Å². The van der Waals surface area contributed by atoms with Gasteiger partial charge in [0.15, 0.2) is 0 Å². The minimum atomic E-state index is -4.95. The maximum Gasteiger partial charge on any atom is 0.417 e. The minimum absolute atomic E-state index is 0.230. The molecule has 0 saturated carbocycles. The van der Waals surface area contributed by atoms with Crippen LogP contribution in [0.2, 0.25) is 0 Å². The molecule has 0 unspecified atom stereocenters. The molecule has 0 atom stereocenters. The van der Waals surface area contributed by atoms with Crippen molar-refractivity contribution in [2.75, 3.05) is 0 Å². The number of alkyl halides is 3. The highest BCUT2D eigenvalue weighted by atomic mass is 19.4. The van der Waals surface area contributed by atoms with Crippen molar-refractivity contribution in [2.24, 2.45) is 0 Å². The van der Waals surface area contributed by atoms with Gasteiger partial charge in [-0.25, -0.2) is 8.78 Å². The van der Waals surface area contributed by atoms with Crippen molar-refractivity contribution in [3.63, 3.8) is 0 Å². The minimum Gasteiger partial charge on any atom is -0.307 e. The number of benzene rings is 6. The lowest BCUT2D eigenvalue weighted by Gasteiger charge is -2.24. The van der Waals surface area contributed by atoms with Crippen LogP contribution >= 0.6 is 0 Å². The molecule has 0 bridgehead atoms. The molecule has 6 aromatic carbocycles. The van der Waals surface area contributed by atoms with Crippen LogP contribution in [0.3, 0.4) is 0 Å². The Kier molecular flexibility index (Phi) is 7.48. The molecule has 0 saturated heterocycles. The molecule has 7 heteroatoms. The highest BCUT2D eigenvalue weighted by molar-refractivity contribution is 6.12. The molecule has 0 spiro atoms. The highest BCUT2D eigenvalue weighted by Gasteiger charge is 2.37. The van der Waals surface area contributed by atoms with E-state index >= 15 is 22.0 Å². The Morgan fingerprint density at radius 3 is 1.31 bits per heavy atom. The number of para-hydroxylation sites is 2. The fourth-order valence-electron chi connectivity index (χ4n) is 7.52. The van der Waals surface area contributed by atoms with E-state index in [1.54, 1.807) is 0 Å². The summed E-state index contributed by atoms with van der Waals surface area (Å²) in [5.74, 6) is -2.15. The number of fused-ring (bicyclic) bond motifs is 6. The zero-order chi connectivity index (χ0) is 36.9. The first-order chi connectivity index (χ1) is 24.5. The molecular weight excluding hydrogens is 663 g/mol. The van der Waals surface area contributed by atoms with Crippen molar-refractivity contribution >= 4 is 43.6 Å². The molecular formula is C45H37F5N2. The third-order valence-corrected chi connectivity index (χ3v) is 10.2. The maximum absolute atomic E-state index is 15.6. The summed E-state index contributed by atoms with van der Waals surface area (Å²) in [4.78, 5) is 0. The van der Waals surface area contributed by atoms with Gasteiger partial charge in [0.2, 0.25) is 0 Å². The summed E-state index contributed by atoms with van der Waals surface area (Å²) < 4.78 is 81.1. The van der Waals surface area contributed by atoms with Crippen LogP contribution in [0, 0.1) is 11.6 Å². The Balaban J connectivity index is 1.63. The van der Waals surface area contributed by atoms with Gasteiger partial charge >= 0.3 is 6.18 Å². The van der Waals surface area contributed by atoms with Crippen molar-refractivity contribution in [1.82, 2.24) is 9.13 Å². The average Bonchev–Trinajstić information content (AvgIpc) is 3.59. The van der Waals surface area contributed by atoms with Crippen molar-refractivity contribution < 1.29 is 22.0 Å². The van der Waals surface area contributed by atoms with E-state index in [0.717, 1.165) is 73.5 Å². The summed E-state index contributed by atoms with van der Waals surface area (Å²) in [5, 5.41) is 3.56. The SMILES string of the molecule is CC(C)(C)c1ccc2c3ccccc3n(-c3cc(-c4c(F)cccc4F)c(C(F)(F)F)cc3-n3c4ccccc4c4ccc(C(C)(C)C)cc43)c2c1. The summed E-state index contributed by atoms with van der Waals surface area (Å²) >= 11 is 0. The third-order valence-electron chi connectivity index (χ3n) is 10.2. The number of hydrogen-bond acceptors (Lipinski definition) is 0. The van der Waals surface area contributed by atoms with Crippen LogP contribution in [-0.4, -0.2) is 9.13 Å².